The lowest BCUT2D eigenvalue weighted by Gasteiger charge is -2.26. The minimum Gasteiger partial charge on any atom is -0.361 e. The molecule has 0 bridgehead atoms. The number of carbonyl (C=O) groups is 1. The van der Waals surface area contributed by atoms with Crippen LogP contribution >= 0.6 is 0 Å². The van der Waals surface area contributed by atoms with E-state index in [9.17, 15) is 13.2 Å². The second-order valence-corrected chi connectivity index (χ2v) is 9.31. The van der Waals surface area contributed by atoms with Gasteiger partial charge in [0.1, 0.15) is 0 Å². The number of nitrogens with one attached hydrogen (secondary N) is 2. The number of benzene rings is 2. The summed E-state index contributed by atoms with van der Waals surface area (Å²) >= 11 is 0. The summed E-state index contributed by atoms with van der Waals surface area (Å²) < 4.78 is 25.9. The zero-order valence-electron chi connectivity index (χ0n) is 16.9. The van der Waals surface area contributed by atoms with E-state index in [0.29, 0.717) is 25.9 Å². The number of hydrogen-bond acceptors (Lipinski definition) is 3. The predicted octanol–water partition coefficient (Wildman–Crippen LogP) is 3.32. The van der Waals surface area contributed by atoms with Crippen molar-refractivity contribution in [3.05, 3.63) is 71.9 Å². The average molecular weight is 424 g/mol. The van der Waals surface area contributed by atoms with E-state index in [4.69, 9.17) is 0 Å². The van der Waals surface area contributed by atoms with Gasteiger partial charge in [-0.15, -0.1) is 0 Å². The quantitative estimate of drug-likeness (QED) is 0.638. The molecule has 1 aliphatic rings. The number of rotatable bonds is 6. The molecule has 0 aliphatic carbocycles. The number of nitrogens with zero attached hydrogens (tertiary/aromatic N) is 1. The number of amides is 1. The number of aromatic nitrogens is 1. The molecule has 0 fully saturated rings. The van der Waals surface area contributed by atoms with Crippen LogP contribution in [0.15, 0.2) is 65.7 Å². The molecule has 2 N–H and O–H groups in total. The lowest BCUT2D eigenvalue weighted by Crippen LogP contribution is -2.34. The molecule has 0 radical (unpaired) electrons. The predicted molar refractivity (Wildman–Crippen MR) is 118 cm³/mol. The van der Waals surface area contributed by atoms with Gasteiger partial charge in [0.05, 0.1) is 4.90 Å². The minimum atomic E-state index is -3.44. The van der Waals surface area contributed by atoms with Gasteiger partial charge < -0.3 is 9.88 Å². The molecule has 3 aromatic rings. The molecule has 0 saturated heterocycles. The lowest BCUT2D eigenvalue weighted by molar-refractivity contribution is -0.130. The first-order chi connectivity index (χ1) is 14.5. The summed E-state index contributed by atoms with van der Waals surface area (Å²) in [5.41, 5.74) is 4.57. The van der Waals surface area contributed by atoms with Crippen molar-refractivity contribution in [2.75, 3.05) is 20.1 Å². The second-order valence-electron chi connectivity index (χ2n) is 7.42. The van der Waals surface area contributed by atoms with Crippen molar-refractivity contribution in [1.29, 1.82) is 0 Å². The molecule has 0 atom stereocenters. The van der Waals surface area contributed by atoms with Gasteiger partial charge in [0.2, 0.25) is 15.9 Å². The van der Waals surface area contributed by atoms with E-state index >= 15 is 0 Å². The zero-order valence-corrected chi connectivity index (χ0v) is 17.7. The molecule has 2 heterocycles. The molecule has 0 unspecified atom stereocenters. The van der Waals surface area contributed by atoms with Crippen LogP contribution in [0.1, 0.15) is 24.0 Å². The summed E-state index contributed by atoms with van der Waals surface area (Å²) in [4.78, 5) is 18.1. The molecule has 0 saturated carbocycles. The second kappa shape index (κ2) is 8.45. The highest BCUT2D eigenvalue weighted by Gasteiger charge is 2.19. The van der Waals surface area contributed by atoms with Crippen LogP contribution in [-0.2, 0) is 21.2 Å². The first kappa shape index (κ1) is 20.4. The Kier molecular flexibility index (Phi) is 5.74. The molecular formula is C23H25N3O3S. The number of H-pyrrole nitrogens is 1. The molecule has 4 rings (SSSR count). The Morgan fingerprint density at radius 2 is 1.90 bits per heavy atom. The van der Waals surface area contributed by atoms with Crippen LogP contribution < -0.4 is 4.72 Å². The van der Waals surface area contributed by atoms with E-state index in [0.717, 1.165) is 17.5 Å². The molecule has 6 nitrogen and oxygen atoms in total. The topological polar surface area (TPSA) is 82.3 Å². The molecular weight excluding hydrogens is 398 g/mol. The van der Waals surface area contributed by atoms with E-state index < -0.39 is 10.0 Å². The first-order valence-electron chi connectivity index (χ1n) is 10.0. The standard InChI is InChI=1S/C23H25N3O3S/c1-24-30(28,29)19-9-6-17(7-10-19)8-11-23(27)26-14-12-18(13-15-26)21-16-25-22-5-3-2-4-20(21)22/h2-7,9-10,12,16,24-25H,8,11,13-15H2,1H3. The Morgan fingerprint density at radius 3 is 2.60 bits per heavy atom. The third-order valence-electron chi connectivity index (χ3n) is 5.63. The highest BCUT2D eigenvalue weighted by molar-refractivity contribution is 7.89. The largest absolute Gasteiger partial charge is 0.361 e. The number of carbonyl (C=O) groups excluding carboxylic acids is 1. The van der Waals surface area contributed by atoms with Crippen LogP contribution in [0.25, 0.3) is 16.5 Å². The molecule has 1 aromatic heterocycles. The van der Waals surface area contributed by atoms with Crippen LogP contribution in [0.2, 0.25) is 0 Å². The molecule has 0 spiro atoms. The molecule has 30 heavy (non-hydrogen) atoms. The number of para-hydroxylation sites is 1. The number of aryl methyl sites for hydroxylation is 1. The van der Waals surface area contributed by atoms with Crippen molar-refractivity contribution >= 4 is 32.4 Å². The van der Waals surface area contributed by atoms with Gasteiger partial charge in [-0.1, -0.05) is 36.4 Å². The maximum atomic E-state index is 12.6. The van der Waals surface area contributed by atoms with E-state index in [1.54, 1.807) is 24.3 Å². The summed E-state index contributed by atoms with van der Waals surface area (Å²) in [5.74, 6) is 0.121. The maximum Gasteiger partial charge on any atom is 0.240 e. The van der Waals surface area contributed by atoms with Crippen LogP contribution in [0, 0.1) is 0 Å². The van der Waals surface area contributed by atoms with Crippen LogP contribution in [0.3, 0.4) is 0 Å². The van der Waals surface area contributed by atoms with Crippen LogP contribution in [0.4, 0.5) is 0 Å². The van der Waals surface area contributed by atoms with Crippen molar-refractivity contribution in [2.45, 2.75) is 24.2 Å². The molecule has 156 valence electrons. The van der Waals surface area contributed by atoms with Crippen LogP contribution in [0.5, 0.6) is 0 Å². The van der Waals surface area contributed by atoms with Crippen molar-refractivity contribution in [1.82, 2.24) is 14.6 Å². The lowest BCUT2D eigenvalue weighted by atomic mass is 9.98. The van der Waals surface area contributed by atoms with Crippen LogP contribution in [-0.4, -0.2) is 44.3 Å². The molecule has 2 aromatic carbocycles. The summed E-state index contributed by atoms with van der Waals surface area (Å²) in [7, 11) is -2.05. The monoisotopic (exact) mass is 423 g/mol. The third kappa shape index (κ3) is 4.17. The SMILES string of the molecule is CNS(=O)(=O)c1ccc(CCC(=O)N2CC=C(c3c[nH]c4ccccc34)CC2)cc1. The van der Waals surface area contributed by atoms with Gasteiger partial charge >= 0.3 is 0 Å². The molecule has 7 heteroatoms. The van der Waals surface area contributed by atoms with E-state index in [2.05, 4.69) is 27.9 Å². The zero-order chi connectivity index (χ0) is 21.1. The Bertz CT molecular complexity index is 1190. The van der Waals surface area contributed by atoms with Crippen molar-refractivity contribution in [2.24, 2.45) is 0 Å². The van der Waals surface area contributed by atoms with Crippen molar-refractivity contribution in [3.8, 4) is 0 Å². The van der Waals surface area contributed by atoms with Crippen molar-refractivity contribution < 1.29 is 13.2 Å². The van der Waals surface area contributed by atoms with Crippen molar-refractivity contribution in [3.63, 3.8) is 0 Å². The first-order valence-corrected chi connectivity index (χ1v) is 11.5. The molecule has 1 amide bonds. The highest BCUT2D eigenvalue weighted by Crippen LogP contribution is 2.29. The number of fused-ring (bicyclic) bond motifs is 1. The maximum absolute atomic E-state index is 12.6. The Morgan fingerprint density at radius 1 is 1.13 bits per heavy atom. The van der Waals surface area contributed by atoms with Gasteiger partial charge in [0, 0.05) is 42.2 Å². The fraction of sp³-hybridized carbons (Fsp3) is 0.261. The Balaban J connectivity index is 1.35. The van der Waals surface area contributed by atoms with Gasteiger partial charge in [-0.3, -0.25) is 4.79 Å². The van der Waals surface area contributed by atoms with E-state index in [1.165, 1.54) is 23.6 Å². The van der Waals surface area contributed by atoms with Gasteiger partial charge in [0.25, 0.3) is 0 Å². The fourth-order valence-electron chi connectivity index (χ4n) is 3.84. The smallest absolute Gasteiger partial charge is 0.240 e. The normalized spacial score (nSPS) is 14.7. The summed E-state index contributed by atoms with van der Waals surface area (Å²) in [6.45, 7) is 1.33. The summed E-state index contributed by atoms with van der Waals surface area (Å²) in [6.07, 6.45) is 6.03. The highest BCUT2D eigenvalue weighted by atomic mass is 32.2. The average Bonchev–Trinajstić information content (AvgIpc) is 3.22. The van der Waals surface area contributed by atoms with E-state index in [1.807, 2.05) is 23.2 Å². The summed E-state index contributed by atoms with van der Waals surface area (Å²) in [6, 6.07) is 14.9. The van der Waals surface area contributed by atoms with Gasteiger partial charge in [-0.25, -0.2) is 13.1 Å². The Labute approximate surface area is 176 Å². The van der Waals surface area contributed by atoms with Gasteiger partial charge in [-0.2, -0.15) is 0 Å². The van der Waals surface area contributed by atoms with Gasteiger partial charge in [-0.05, 0) is 49.2 Å². The summed E-state index contributed by atoms with van der Waals surface area (Å²) in [5, 5.41) is 1.22. The third-order valence-corrected chi connectivity index (χ3v) is 7.06. The Hall–Kier alpha value is -2.90. The minimum absolute atomic E-state index is 0.121. The molecule has 1 aliphatic heterocycles. The van der Waals surface area contributed by atoms with E-state index in [-0.39, 0.29) is 10.8 Å². The number of aromatic amines is 1. The van der Waals surface area contributed by atoms with Gasteiger partial charge in [0.15, 0.2) is 0 Å². The fourth-order valence-corrected chi connectivity index (χ4v) is 4.57. The number of sulfonamides is 1. The number of hydrogen-bond donors (Lipinski definition) is 2.